The summed E-state index contributed by atoms with van der Waals surface area (Å²) in [6.45, 7) is 0.357. The molecule has 186 valence electrons. The Kier molecular flexibility index (Phi) is 6.79. The summed E-state index contributed by atoms with van der Waals surface area (Å²) in [5, 5.41) is 16.7. The van der Waals surface area contributed by atoms with E-state index in [0.717, 1.165) is 4.90 Å². The van der Waals surface area contributed by atoms with Crippen molar-refractivity contribution < 1.29 is 19.5 Å². The Morgan fingerprint density at radius 1 is 1.20 bits per heavy atom. The Balaban J connectivity index is 1.69. The van der Waals surface area contributed by atoms with Gasteiger partial charge in [0, 0.05) is 27.2 Å². The number of hydrogen-bond donors (Lipinski definition) is 3. The van der Waals surface area contributed by atoms with E-state index >= 15 is 0 Å². The van der Waals surface area contributed by atoms with Crippen molar-refractivity contribution in [2.24, 2.45) is 5.92 Å². The minimum atomic E-state index is -1.11. The summed E-state index contributed by atoms with van der Waals surface area (Å²) in [5.41, 5.74) is -1.66. The quantitative estimate of drug-likeness (QED) is 0.525. The van der Waals surface area contributed by atoms with Crippen LogP contribution in [0.25, 0.3) is 0 Å². The molecule has 0 unspecified atom stereocenters. The highest BCUT2D eigenvalue weighted by Crippen LogP contribution is 2.43. The molecule has 35 heavy (non-hydrogen) atoms. The predicted molar refractivity (Wildman–Crippen MR) is 128 cm³/mol. The Labute approximate surface area is 211 Å². The van der Waals surface area contributed by atoms with E-state index in [2.05, 4.69) is 15.6 Å². The zero-order valence-electron chi connectivity index (χ0n) is 19.2. The number of nitrogens with one attached hydrogen (secondary N) is 2. The maximum atomic E-state index is 13.1. The average Bonchev–Trinajstić information content (AvgIpc) is 3.07. The number of aromatic hydroxyl groups is 1. The zero-order valence-corrected chi connectivity index (χ0v) is 20.7. The van der Waals surface area contributed by atoms with Crippen molar-refractivity contribution >= 4 is 40.9 Å². The SMILES string of the molecule is CN(C)C(=O)C(=O)NC12CCC(CC1)Cn1c2nc(C(=O)NCc2ccc(Cl)c(Cl)c2)c(O)c1=O. The van der Waals surface area contributed by atoms with Gasteiger partial charge in [-0.2, -0.15) is 0 Å². The Bertz CT molecular complexity index is 1270. The summed E-state index contributed by atoms with van der Waals surface area (Å²) >= 11 is 11.9. The Hall–Kier alpha value is -3.11. The maximum absolute atomic E-state index is 13.1. The molecule has 3 N–H and O–H groups in total. The second kappa shape index (κ2) is 9.50. The van der Waals surface area contributed by atoms with E-state index < -0.39 is 40.3 Å². The fourth-order valence-electron chi connectivity index (χ4n) is 4.64. The average molecular weight is 522 g/mol. The lowest BCUT2D eigenvalue weighted by Crippen LogP contribution is -2.53. The molecule has 10 nitrogen and oxygen atoms in total. The Morgan fingerprint density at radius 2 is 1.89 bits per heavy atom. The first-order valence-corrected chi connectivity index (χ1v) is 11.9. The number of hydrogen-bond acceptors (Lipinski definition) is 6. The second-order valence-corrected chi connectivity index (χ2v) is 9.97. The van der Waals surface area contributed by atoms with E-state index in [1.54, 1.807) is 18.2 Å². The first kappa shape index (κ1) is 25.0. The summed E-state index contributed by atoms with van der Waals surface area (Å²) in [6.07, 6.45) is 2.29. The van der Waals surface area contributed by atoms with Crippen LogP contribution in [0.3, 0.4) is 0 Å². The van der Waals surface area contributed by atoms with Gasteiger partial charge in [-0.15, -0.1) is 0 Å². The van der Waals surface area contributed by atoms with Crippen LogP contribution in [0.5, 0.6) is 5.75 Å². The summed E-state index contributed by atoms with van der Waals surface area (Å²) in [4.78, 5) is 56.5. The largest absolute Gasteiger partial charge is 0.501 e. The van der Waals surface area contributed by atoms with Gasteiger partial charge in [-0.25, -0.2) is 4.98 Å². The number of carbonyl (C=O) groups excluding carboxylic acids is 3. The molecule has 3 heterocycles. The third-order valence-electron chi connectivity index (χ3n) is 6.58. The lowest BCUT2D eigenvalue weighted by Gasteiger charge is -2.37. The van der Waals surface area contributed by atoms with E-state index in [9.17, 15) is 24.3 Å². The van der Waals surface area contributed by atoms with E-state index in [0.29, 0.717) is 47.8 Å². The van der Waals surface area contributed by atoms with E-state index in [4.69, 9.17) is 23.2 Å². The molecule has 5 rings (SSSR count). The molecule has 2 aromatic rings. The van der Waals surface area contributed by atoms with Gasteiger partial charge in [0.25, 0.3) is 11.5 Å². The number of carbonyl (C=O) groups is 3. The molecule has 2 aliphatic heterocycles. The zero-order chi connectivity index (χ0) is 25.5. The second-order valence-electron chi connectivity index (χ2n) is 9.16. The fourth-order valence-corrected chi connectivity index (χ4v) is 4.96. The van der Waals surface area contributed by atoms with Crippen molar-refractivity contribution in [3.8, 4) is 5.75 Å². The van der Waals surface area contributed by atoms with Gasteiger partial charge in [0.2, 0.25) is 5.75 Å². The molecule has 1 saturated carbocycles. The van der Waals surface area contributed by atoms with Gasteiger partial charge in [-0.05, 0) is 49.3 Å². The van der Waals surface area contributed by atoms with Crippen LogP contribution in [0.2, 0.25) is 10.0 Å². The van der Waals surface area contributed by atoms with Crippen LogP contribution < -0.4 is 16.2 Å². The third kappa shape index (κ3) is 4.72. The molecule has 1 aliphatic carbocycles. The number of fused-ring (bicyclic) bond motifs is 2. The van der Waals surface area contributed by atoms with Crippen molar-refractivity contribution in [2.45, 2.75) is 44.3 Å². The van der Waals surface area contributed by atoms with Gasteiger partial charge in [0.15, 0.2) is 5.69 Å². The molecule has 0 spiro atoms. The van der Waals surface area contributed by atoms with Gasteiger partial charge in [0.1, 0.15) is 5.82 Å². The molecule has 1 fully saturated rings. The predicted octanol–water partition coefficient (Wildman–Crippen LogP) is 1.79. The molecule has 3 amide bonds. The van der Waals surface area contributed by atoms with Gasteiger partial charge < -0.3 is 20.6 Å². The normalized spacial score (nSPS) is 20.5. The van der Waals surface area contributed by atoms with Crippen molar-refractivity contribution in [1.82, 2.24) is 25.1 Å². The van der Waals surface area contributed by atoms with E-state index in [-0.39, 0.29) is 18.3 Å². The first-order valence-electron chi connectivity index (χ1n) is 11.1. The summed E-state index contributed by atoms with van der Waals surface area (Å²) in [5.74, 6) is -2.78. The molecule has 1 aromatic heterocycles. The monoisotopic (exact) mass is 521 g/mol. The lowest BCUT2D eigenvalue weighted by atomic mass is 9.77. The number of likely N-dealkylation sites (N-methyl/N-ethyl adjacent to an activating group) is 1. The van der Waals surface area contributed by atoms with Gasteiger partial charge >= 0.3 is 11.8 Å². The first-order chi connectivity index (χ1) is 16.5. The van der Waals surface area contributed by atoms with Crippen LogP contribution in [-0.2, 0) is 28.2 Å². The molecule has 2 bridgehead atoms. The van der Waals surface area contributed by atoms with Crippen molar-refractivity contribution in [3.05, 3.63) is 55.7 Å². The number of aromatic nitrogens is 2. The molecule has 12 heteroatoms. The molecule has 3 aliphatic rings. The summed E-state index contributed by atoms with van der Waals surface area (Å²) < 4.78 is 1.32. The fraction of sp³-hybridized carbons (Fsp3) is 0.435. The van der Waals surface area contributed by atoms with Crippen LogP contribution in [0.1, 0.15) is 47.6 Å². The smallest absolute Gasteiger partial charge is 0.311 e. The van der Waals surface area contributed by atoms with Crippen LogP contribution in [-0.4, -0.2) is 51.4 Å². The standard InChI is InChI=1S/C23H25Cl2N5O5/c1-29(2)21(35)19(33)28-23-7-5-12(6-8-23)11-30-20(34)17(31)16(27-22(23)30)18(32)26-10-13-3-4-14(24)15(25)9-13/h3-4,9,12,31H,5-8,10-11H2,1-2H3,(H,26,32)(H,28,33). The molecule has 0 atom stereocenters. The molecule has 0 saturated heterocycles. The minimum Gasteiger partial charge on any atom is -0.501 e. The van der Waals surface area contributed by atoms with Crippen molar-refractivity contribution in [1.29, 1.82) is 0 Å². The molecular formula is C23H25Cl2N5O5. The van der Waals surface area contributed by atoms with Crippen molar-refractivity contribution in [3.63, 3.8) is 0 Å². The van der Waals surface area contributed by atoms with Crippen LogP contribution >= 0.6 is 23.2 Å². The van der Waals surface area contributed by atoms with Crippen LogP contribution in [0, 0.1) is 5.92 Å². The van der Waals surface area contributed by atoms with Gasteiger partial charge in [0.05, 0.1) is 15.6 Å². The topological polar surface area (TPSA) is 134 Å². The van der Waals surface area contributed by atoms with E-state index in [1.165, 1.54) is 18.7 Å². The number of rotatable bonds is 4. The van der Waals surface area contributed by atoms with Crippen LogP contribution in [0.15, 0.2) is 23.0 Å². The number of nitrogens with zero attached hydrogens (tertiary/aromatic N) is 3. The van der Waals surface area contributed by atoms with Crippen LogP contribution in [0.4, 0.5) is 0 Å². The molecular weight excluding hydrogens is 497 g/mol. The minimum absolute atomic E-state index is 0.0521. The maximum Gasteiger partial charge on any atom is 0.311 e. The lowest BCUT2D eigenvalue weighted by molar-refractivity contribution is -0.145. The van der Waals surface area contributed by atoms with Gasteiger partial charge in [-0.3, -0.25) is 23.7 Å². The van der Waals surface area contributed by atoms with E-state index in [1.807, 2.05) is 0 Å². The number of halogens is 2. The molecule has 1 aromatic carbocycles. The number of benzene rings is 1. The highest BCUT2D eigenvalue weighted by atomic mass is 35.5. The van der Waals surface area contributed by atoms with Crippen molar-refractivity contribution in [2.75, 3.05) is 14.1 Å². The van der Waals surface area contributed by atoms with Gasteiger partial charge in [-0.1, -0.05) is 29.3 Å². The summed E-state index contributed by atoms with van der Waals surface area (Å²) in [7, 11) is 2.93. The summed E-state index contributed by atoms with van der Waals surface area (Å²) in [6, 6.07) is 4.86. The third-order valence-corrected chi connectivity index (χ3v) is 7.32. The highest BCUT2D eigenvalue weighted by Gasteiger charge is 2.46. The highest BCUT2D eigenvalue weighted by molar-refractivity contribution is 6.42. The molecule has 0 radical (unpaired) electrons. The Morgan fingerprint density at radius 3 is 2.51 bits per heavy atom. The number of amides is 3.